The second-order valence-corrected chi connectivity index (χ2v) is 9.07. The van der Waals surface area contributed by atoms with Crippen molar-refractivity contribution in [2.45, 2.75) is 39.2 Å². The molecular weight excluding hydrogens is 444 g/mol. The number of amides is 1. The fraction of sp³-hybridized carbons (Fsp3) is 0.429. The first-order chi connectivity index (χ1) is 17.0. The van der Waals surface area contributed by atoms with Gasteiger partial charge in [-0.2, -0.15) is 0 Å². The Kier molecular flexibility index (Phi) is 7.76. The van der Waals surface area contributed by atoms with Crippen LogP contribution in [-0.2, 0) is 0 Å². The van der Waals surface area contributed by atoms with E-state index in [1.54, 1.807) is 29.2 Å². The predicted molar refractivity (Wildman–Crippen MR) is 137 cm³/mol. The number of carbonyl (C=O) groups excluding carboxylic acids is 1. The molecule has 1 aliphatic heterocycles. The second kappa shape index (κ2) is 11.0. The number of hydrogen-bond acceptors (Lipinski definition) is 6. The van der Waals surface area contributed by atoms with E-state index in [2.05, 4.69) is 6.92 Å². The Morgan fingerprint density at radius 1 is 1.00 bits per heavy atom. The lowest BCUT2D eigenvalue weighted by Crippen LogP contribution is -2.35. The molecule has 0 N–H and O–H groups in total. The first-order valence-electron chi connectivity index (χ1n) is 12.4. The van der Waals surface area contributed by atoms with Gasteiger partial charge in [0.1, 0.15) is 5.58 Å². The topological polar surface area (TPSA) is 72.2 Å². The maximum atomic E-state index is 13.6. The molecule has 0 saturated carbocycles. The summed E-state index contributed by atoms with van der Waals surface area (Å²) in [6, 6.07) is 12.2. The molecular formula is C28H34N2O5. The van der Waals surface area contributed by atoms with Crippen molar-refractivity contribution in [2.24, 2.45) is 0 Å². The quantitative estimate of drug-likeness (QED) is 0.366. The molecule has 35 heavy (non-hydrogen) atoms. The Hall–Kier alpha value is -3.32. The van der Waals surface area contributed by atoms with Gasteiger partial charge in [0, 0.05) is 13.1 Å². The van der Waals surface area contributed by atoms with Crippen molar-refractivity contribution < 1.29 is 18.7 Å². The third-order valence-corrected chi connectivity index (χ3v) is 6.25. The van der Waals surface area contributed by atoms with E-state index in [0.29, 0.717) is 54.3 Å². The fourth-order valence-corrected chi connectivity index (χ4v) is 4.47. The number of benzene rings is 2. The van der Waals surface area contributed by atoms with Crippen molar-refractivity contribution in [1.29, 1.82) is 0 Å². The number of likely N-dealkylation sites (N-methyl/N-ethyl adjacent to an activating group) is 1. The average Bonchev–Trinajstić information content (AvgIpc) is 3.13. The number of unbranched alkanes of at least 4 members (excludes halogenated alkanes) is 2. The summed E-state index contributed by atoms with van der Waals surface area (Å²) in [4.78, 5) is 30.8. The minimum absolute atomic E-state index is 0.121. The third-order valence-electron chi connectivity index (χ3n) is 6.25. The number of fused-ring (bicyclic) bond motifs is 2. The Labute approximate surface area is 206 Å². The molecule has 1 unspecified atom stereocenters. The summed E-state index contributed by atoms with van der Waals surface area (Å²) in [5.74, 6) is 1.13. The van der Waals surface area contributed by atoms with E-state index >= 15 is 0 Å². The molecule has 7 nitrogen and oxygen atoms in total. The summed E-state index contributed by atoms with van der Waals surface area (Å²) in [5, 5.41) is 0.472. The summed E-state index contributed by atoms with van der Waals surface area (Å²) in [7, 11) is 3.91. The van der Waals surface area contributed by atoms with E-state index in [1.807, 2.05) is 44.1 Å². The molecule has 3 aromatic rings. The molecule has 0 saturated heterocycles. The molecule has 1 aliphatic rings. The van der Waals surface area contributed by atoms with Gasteiger partial charge in [0.05, 0.1) is 30.2 Å². The Morgan fingerprint density at radius 3 is 2.54 bits per heavy atom. The minimum atomic E-state index is -0.563. The highest BCUT2D eigenvalue weighted by atomic mass is 16.5. The van der Waals surface area contributed by atoms with Gasteiger partial charge in [-0.05, 0) is 57.3 Å². The molecule has 0 bridgehead atoms. The number of rotatable bonds is 11. The van der Waals surface area contributed by atoms with Crippen LogP contribution in [0.15, 0.2) is 51.7 Å². The van der Waals surface area contributed by atoms with Crippen LogP contribution in [0.4, 0.5) is 0 Å². The Balaban J connectivity index is 1.80. The van der Waals surface area contributed by atoms with Gasteiger partial charge in [-0.25, -0.2) is 0 Å². The molecule has 186 valence electrons. The first kappa shape index (κ1) is 24.8. The number of ether oxygens (including phenoxy) is 2. The van der Waals surface area contributed by atoms with Gasteiger partial charge in [-0.15, -0.1) is 0 Å². The molecule has 1 atom stereocenters. The lowest BCUT2D eigenvalue weighted by molar-refractivity contribution is 0.0716. The molecule has 7 heteroatoms. The molecule has 0 aliphatic carbocycles. The van der Waals surface area contributed by atoms with Gasteiger partial charge in [0.25, 0.3) is 5.91 Å². The highest BCUT2D eigenvalue weighted by Crippen LogP contribution is 2.41. The standard InChI is InChI=1S/C28H34N2O5/c1-5-7-10-17-34-22-14-13-19(18-23(22)33-6-2)25-24-26(31)20-11-8-9-12-21(20)35-27(24)28(32)30(25)16-15-29(3)4/h8-9,11-14,18,25H,5-7,10,15-17H2,1-4H3. The van der Waals surface area contributed by atoms with Crippen molar-refractivity contribution in [3.8, 4) is 11.5 Å². The molecule has 0 fully saturated rings. The number of hydrogen-bond donors (Lipinski definition) is 0. The molecule has 4 rings (SSSR count). The van der Waals surface area contributed by atoms with E-state index in [1.165, 1.54) is 0 Å². The summed E-state index contributed by atoms with van der Waals surface area (Å²) in [6.07, 6.45) is 3.20. The summed E-state index contributed by atoms with van der Waals surface area (Å²) < 4.78 is 17.9. The SMILES string of the molecule is CCCCCOc1ccc(C2c3c(oc4ccccc4c3=O)C(=O)N2CCN(C)C)cc1OCC. The third kappa shape index (κ3) is 5.05. The number of nitrogens with zero attached hydrogens (tertiary/aromatic N) is 2. The molecule has 2 aromatic carbocycles. The van der Waals surface area contributed by atoms with Gasteiger partial charge in [-0.1, -0.05) is 38.0 Å². The van der Waals surface area contributed by atoms with E-state index in [0.717, 1.165) is 24.8 Å². The molecule has 1 aromatic heterocycles. The average molecular weight is 479 g/mol. The van der Waals surface area contributed by atoms with Gasteiger partial charge < -0.3 is 23.7 Å². The van der Waals surface area contributed by atoms with Gasteiger partial charge >= 0.3 is 0 Å². The van der Waals surface area contributed by atoms with Crippen molar-refractivity contribution in [2.75, 3.05) is 40.4 Å². The molecule has 0 spiro atoms. The van der Waals surface area contributed by atoms with Crippen LogP contribution < -0.4 is 14.9 Å². The lowest BCUT2D eigenvalue weighted by atomic mass is 9.98. The monoisotopic (exact) mass is 478 g/mol. The largest absolute Gasteiger partial charge is 0.490 e. The fourth-order valence-electron chi connectivity index (χ4n) is 4.47. The zero-order chi connectivity index (χ0) is 24.9. The van der Waals surface area contributed by atoms with Gasteiger partial charge in [0.2, 0.25) is 5.76 Å². The maximum absolute atomic E-state index is 13.6. The minimum Gasteiger partial charge on any atom is -0.490 e. The van der Waals surface area contributed by atoms with E-state index in [-0.39, 0.29) is 17.1 Å². The number of carbonyl (C=O) groups is 1. The van der Waals surface area contributed by atoms with Crippen LogP contribution in [0.25, 0.3) is 11.0 Å². The first-order valence-corrected chi connectivity index (χ1v) is 12.4. The van der Waals surface area contributed by atoms with Crippen molar-refractivity contribution >= 4 is 16.9 Å². The van der Waals surface area contributed by atoms with Crippen molar-refractivity contribution in [1.82, 2.24) is 9.80 Å². The van der Waals surface area contributed by atoms with E-state index < -0.39 is 6.04 Å². The normalized spacial score (nSPS) is 15.2. The van der Waals surface area contributed by atoms with Crippen LogP contribution >= 0.6 is 0 Å². The van der Waals surface area contributed by atoms with Gasteiger partial charge in [-0.3, -0.25) is 9.59 Å². The lowest BCUT2D eigenvalue weighted by Gasteiger charge is -2.27. The van der Waals surface area contributed by atoms with Crippen LogP contribution in [0.2, 0.25) is 0 Å². The molecule has 0 radical (unpaired) electrons. The summed E-state index contributed by atoms with van der Waals surface area (Å²) >= 11 is 0. The Morgan fingerprint density at radius 2 is 1.80 bits per heavy atom. The highest BCUT2D eigenvalue weighted by Gasteiger charge is 2.42. The van der Waals surface area contributed by atoms with E-state index in [9.17, 15) is 9.59 Å². The number of para-hydroxylation sites is 1. The van der Waals surface area contributed by atoms with Crippen LogP contribution in [0.1, 0.15) is 60.8 Å². The summed E-state index contributed by atoms with van der Waals surface area (Å²) in [6.45, 7) is 6.28. The summed E-state index contributed by atoms with van der Waals surface area (Å²) in [5.41, 5.74) is 1.42. The van der Waals surface area contributed by atoms with Gasteiger partial charge in [0.15, 0.2) is 16.9 Å². The second-order valence-electron chi connectivity index (χ2n) is 9.07. The van der Waals surface area contributed by atoms with Crippen molar-refractivity contribution in [3.05, 3.63) is 69.6 Å². The zero-order valence-electron chi connectivity index (χ0n) is 21.0. The molecule has 2 heterocycles. The van der Waals surface area contributed by atoms with Crippen LogP contribution in [-0.4, -0.2) is 56.1 Å². The highest BCUT2D eigenvalue weighted by molar-refractivity contribution is 5.99. The van der Waals surface area contributed by atoms with Crippen LogP contribution in [0.5, 0.6) is 11.5 Å². The smallest absolute Gasteiger partial charge is 0.290 e. The predicted octanol–water partition coefficient (Wildman–Crippen LogP) is 4.87. The maximum Gasteiger partial charge on any atom is 0.290 e. The van der Waals surface area contributed by atoms with E-state index in [4.69, 9.17) is 13.9 Å². The Bertz CT molecular complexity index is 1250. The molecule has 1 amide bonds. The van der Waals surface area contributed by atoms with Crippen molar-refractivity contribution in [3.63, 3.8) is 0 Å². The zero-order valence-corrected chi connectivity index (χ0v) is 21.0. The van der Waals surface area contributed by atoms with Crippen LogP contribution in [0.3, 0.4) is 0 Å². The van der Waals surface area contributed by atoms with Crippen LogP contribution in [0, 0.1) is 0 Å².